The van der Waals surface area contributed by atoms with Crippen molar-refractivity contribution in [1.82, 2.24) is 5.32 Å². The second-order valence-corrected chi connectivity index (χ2v) is 4.72. The minimum Gasteiger partial charge on any atom is -0.488 e. The number of nitrogens with zero attached hydrogens (tertiary/aromatic N) is 1. The maximum absolute atomic E-state index is 8.76. The molecular weight excluding hydrogens is 280 g/mol. The van der Waals surface area contributed by atoms with E-state index in [-0.39, 0.29) is 0 Å². The first kappa shape index (κ1) is 12.2. The second kappa shape index (κ2) is 5.85. The Morgan fingerprint density at radius 2 is 2.35 bits per heavy atom. The molecule has 0 unspecified atom stereocenters. The third-order valence-corrected chi connectivity index (χ3v) is 3.25. The molecule has 0 atom stereocenters. The van der Waals surface area contributed by atoms with Gasteiger partial charge < -0.3 is 10.1 Å². The molecule has 1 aliphatic heterocycles. The number of hydrogen-bond acceptors (Lipinski definition) is 3. The summed E-state index contributed by atoms with van der Waals surface area (Å²) < 4.78 is 6.55. The maximum Gasteiger partial charge on any atom is 0.134 e. The van der Waals surface area contributed by atoms with Gasteiger partial charge >= 0.3 is 0 Å². The van der Waals surface area contributed by atoms with Gasteiger partial charge in [-0.05, 0) is 52.7 Å². The lowest BCUT2D eigenvalue weighted by Gasteiger charge is -2.15. The van der Waals surface area contributed by atoms with E-state index in [1.807, 2.05) is 6.07 Å². The van der Waals surface area contributed by atoms with E-state index in [9.17, 15) is 0 Å². The van der Waals surface area contributed by atoms with Crippen LogP contribution in [0.15, 0.2) is 34.3 Å². The minimum atomic E-state index is 0.617. The van der Waals surface area contributed by atoms with E-state index in [1.54, 1.807) is 12.1 Å². The molecule has 1 aromatic rings. The topological polar surface area (TPSA) is 45.0 Å². The van der Waals surface area contributed by atoms with Crippen LogP contribution in [0.4, 0.5) is 0 Å². The van der Waals surface area contributed by atoms with Crippen LogP contribution in [0.2, 0.25) is 0 Å². The van der Waals surface area contributed by atoms with Crippen molar-refractivity contribution >= 4 is 15.9 Å². The molecule has 0 radical (unpaired) electrons. The van der Waals surface area contributed by atoms with Gasteiger partial charge in [-0.3, -0.25) is 0 Å². The van der Waals surface area contributed by atoms with Gasteiger partial charge in [-0.25, -0.2) is 0 Å². The molecule has 0 bridgehead atoms. The highest BCUT2D eigenvalue weighted by Gasteiger charge is 2.06. The van der Waals surface area contributed by atoms with Crippen molar-refractivity contribution in [2.75, 3.05) is 19.7 Å². The molecule has 2 rings (SSSR count). The number of halogens is 1. The molecule has 1 heterocycles. The van der Waals surface area contributed by atoms with E-state index < -0.39 is 0 Å². The summed E-state index contributed by atoms with van der Waals surface area (Å²) in [6.07, 6.45) is 3.20. The van der Waals surface area contributed by atoms with Crippen molar-refractivity contribution in [2.24, 2.45) is 0 Å². The van der Waals surface area contributed by atoms with Gasteiger partial charge in [0.05, 0.1) is 16.1 Å². The summed E-state index contributed by atoms with van der Waals surface area (Å²) in [5, 5.41) is 12.0. The Labute approximate surface area is 109 Å². The van der Waals surface area contributed by atoms with Crippen LogP contribution >= 0.6 is 15.9 Å². The summed E-state index contributed by atoms with van der Waals surface area (Å²) in [5.74, 6) is 0.781. The van der Waals surface area contributed by atoms with Crippen molar-refractivity contribution in [3.8, 4) is 11.8 Å². The molecule has 0 saturated heterocycles. The van der Waals surface area contributed by atoms with Crippen molar-refractivity contribution < 1.29 is 4.74 Å². The smallest absolute Gasteiger partial charge is 0.134 e. The van der Waals surface area contributed by atoms with Crippen LogP contribution in [-0.2, 0) is 0 Å². The van der Waals surface area contributed by atoms with E-state index in [4.69, 9.17) is 10.00 Å². The molecular formula is C13H13BrN2O. The van der Waals surface area contributed by atoms with Crippen LogP contribution in [0.5, 0.6) is 5.75 Å². The van der Waals surface area contributed by atoms with Crippen molar-refractivity contribution in [1.29, 1.82) is 5.26 Å². The van der Waals surface area contributed by atoms with Gasteiger partial charge in [-0.15, -0.1) is 0 Å². The lowest BCUT2D eigenvalue weighted by Crippen LogP contribution is -2.22. The molecule has 88 valence electrons. The number of rotatable bonds is 3. The highest BCUT2D eigenvalue weighted by atomic mass is 79.9. The number of ether oxygens (including phenoxy) is 1. The van der Waals surface area contributed by atoms with E-state index in [1.165, 1.54) is 5.57 Å². The van der Waals surface area contributed by atoms with Gasteiger partial charge in [0.2, 0.25) is 0 Å². The molecule has 17 heavy (non-hydrogen) atoms. The molecule has 0 amide bonds. The summed E-state index contributed by atoms with van der Waals surface area (Å²) >= 11 is 3.41. The molecule has 0 aromatic heterocycles. The minimum absolute atomic E-state index is 0.617. The number of nitriles is 1. The standard InChI is InChI=1S/C13H13BrN2O/c14-12-7-11(8-15)1-2-13(12)17-9-10-3-5-16-6-4-10/h1-3,7,16H,4-6,9H2. The largest absolute Gasteiger partial charge is 0.488 e. The lowest BCUT2D eigenvalue weighted by atomic mass is 10.1. The Morgan fingerprint density at radius 3 is 3.00 bits per heavy atom. The van der Waals surface area contributed by atoms with Gasteiger partial charge in [-0.2, -0.15) is 5.26 Å². The average molecular weight is 293 g/mol. The lowest BCUT2D eigenvalue weighted by molar-refractivity contribution is 0.342. The quantitative estimate of drug-likeness (QED) is 0.871. The fourth-order valence-electron chi connectivity index (χ4n) is 1.66. The molecule has 3 nitrogen and oxygen atoms in total. The highest BCUT2D eigenvalue weighted by Crippen LogP contribution is 2.26. The van der Waals surface area contributed by atoms with Crippen LogP contribution in [0.1, 0.15) is 12.0 Å². The number of benzene rings is 1. The third kappa shape index (κ3) is 3.32. The number of nitrogens with one attached hydrogen (secondary N) is 1. The predicted molar refractivity (Wildman–Crippen MR) is 69.9 cm³/mol. The highest BCUT2D eigenvalue weighted by molar-refractivity contribution is 9.10. The molecule has 0 saturated carbocycles. The van der Waals surface area contributed by atoms with E-state index in [0.29, 0.717) is 12.2 Å². The van der Waals surface area contributed by atoms with Crippen LogP contribution in [0, 0.1) is 11.3 Å². The number of hydrogen-bond donors (Lipinski definition) is 1. The first-order chi connectivity index (χ1) is 8.29. The zero-order valence-electron chi connectivity index (χ0n) is 9.37. The van der Waals surface area contributed by atoms with Crippen molar-refractivity contribution in [3.05, 3.63) is 39.9 Å². The van der Waals surface area contributed by atoms with Gasteiger partial charge in [0.25, 0.3) is 0 Å². The molecule has 4 heteroatoms. The summed E-state index contributed by atoms with van der Waals surface area (Å²) in [5.41, 5.74) is 1.95. The van der Waals surface area contributed by atoms with Crippen LogP contribution in [0.25, 0.3) is 0 Å². The molecule has 0 spiro atoms. The Morgan fingerprint density at radius 1 is 1.47 bits per heavy atom. The first-order valence-electron chi connectivity index (χ1n) is 5.50. The summed E-state index contributed by atoms with van der Waals surface area (Å²) in [6, 6.07) is 7.45. The molecule has 0 aliphatic carbocycles. The maximum atomic E-state index is 8.76. The summed E-state index contributed by atoms with van der Waals surface area (Å²) in [7, 11) is 0. The summed E-state index contributed by atoms with van der Waals surface area (Å²) in [4.78, 5) is 0. The fraction of sp³-hybridized carbons (Fsp3) is 0.308. The van der Waals surface area contributed by atoms with Crippen molar-refractivity contribution in [3.63, 3.8) is 0 Å². The molecule has 0 fully saturated rings. The predicted octanol–water partition coefficient (Wildman–Crippen LogP) is 2.62. The Bertz CT molecular complexity index is 477. The van der Waals surface area contributed by atoms with Crippen LogP contribution in [0.3, 0.4) is 0 Å². The van der Waals surface area contributed by atoms with Gasteiger partial charge in [0.1, 0.15) is 12.4 Å². The Hall–Kier alpha value is -1.31. The van der Waals surface area contributed by atoms with Crippen molar-refractivity contribution in [2.45, 2.75) is 6.42 Å². The van der Waals surface area contributed by atoms with Crippen LogP contribution < -0.4 is 10.1 Å². The fourth-order valence-corrected chi connectivity index (χ4v) is 2.15. The SMILES string of the molecule is N#Cc1ccc(OCC2=CCNCC2)c(Br)c1. The second-order valence-electron chi connectivity index (χ2n) is 3.86. The summed E-state index contributed by atoms with van der Waals surface area (Å²) in [6.45, 7) is 2.56. The molecule has 1 N–H and O–H groups in total. The van der Waals surface area contributed by atoms with Crippen LogP contribution in [-0.4, -0.2) is 19.7 Å². The van der Waals surface area contributed by atoms with E-state index in [2.05, 4.69) is 33.4 Å². The van der Waals surface area contributed by atoms with Gasteiger partial charge in [0, 0.05) is 6.54 Å². The molecule has 1 aromatic carbocycles. The van der Waals surface area contributed by atoms with E-state index >= 15 is 0 Å². The third-order valence-electron chi connectivity index (χ3n) is 2.63. The van der Waals surface area contributed by atoms with E-state index in [0.717, 1.165) is 29.7 Å². The zero-order chi connectivity index (χ0) is 12.1. The normalized spacial score (nSPS) is 14.9. The Kier molecular flexibility index (Phi) is 4.18. The first-order valence-corrected chi connectivity index (χ1v) is 6.30. The molecule has 1 aliphatic rings. The average Bonchev–Trinajstić information content (AvgIpc) is 2.38. The monoisotopic (exact) mass is 292 g/mol. The zero-order valence-corrected chi connectivity index (χ0v) is 11.0. The van der Waals surface area contributed by atoms with Gasteiger partial charge in [0.15, 0.2) is 0 Å². The van der Waals surface area contributed by atoms with Gasteiger partial charge in [-0.1, -0.05) is 6.08 Å². The Balaban J connectivity index is 1.99.